The molecule has 3 aromatic carbocycles. The lowest BCUT2D eigenvalue weighted by molar-refractivity contribution is -0.272. The number of likely N-dealkylation sites (tertiary alicyclic amines) is 1. The fourth-order valence-electron chi connectivity index (χ4n) is 5.89. The molecule has 1 fully saturated rings. The first kappa shape index (κ1) is 32.7. The highest BCUT2D eigenvalue weighted by Gasteiger charge is 2.57. The Hall–Kier alpha value is -4.73. The summed E-state index contributed by atoms with van der Waals surface area (Å²) in [6, 6.07) is 16.5. The van der Waals surface area contributed by atoms with E-state index in [0.717, 1.165) is 5.56 Å². The SMILES string of the molecule is [C-]#[N+]c1ccc2c(C(O)(CN3CCC(Oc4ccc(CC(=O)O)cc4OC)CC3)C(F)(F)F)cn(Cc3cccc(OC)c3)c2c1. The number of rotatable bonds is 11. The second-order valence-electron chi connectivity index (χ2n) is 11.3. The predicted octanol–water partition coefficient (Wildman–Crippen LogP) is 6.18. The van der Waals surface area contributed by atoms with E-state index in [1.54, 1.807) is 45.9 Å². The molecule has 46 heavy (non-hydrogen) atoms. The second kappa shape index (κ2) is 13.3. The van der Waals surface area contributed by atoms with Crippen molar-refractivity contribution < 1.29 is 42.4 Å². The third kappa shape index (κ3) is 6.90. The topological polar surface area (TPSA) is 97.8 Å². The van der Waals surface area contributed by atoms with Crippen molar-refractivity contribution in [1.82, 2.24) is 9.47 Å². The van der Waals surface area contributed by atoms with Gasteiger partial charge in [0.15, 0.2) is 17.2 Å². The van der Waals surface area contributed by atoms with Crippen molar-refractivity contribution in [3.63, 3.8) is 0 Å². The van der Waals surface area contributed by atoms with Crippen LogP contribution < -0.4 is 14.2 Å². The van der Waals surface area contributed by atoms with Gasteiger partial charge in [-0.25, -0.2) is 4.85 Å². The molecule has 0 amide bonds. The van der Waals surface area contributed by atoms with Gasteiger partial charge in [0.05, 0.1) is 27.2 Å². The molecule has 0 spiro atoms. The molecule has 1 saturated heterocycles. The molecule has 5 rings (SSSR count). The molecule has 12 heteroatoms. The molecule has 1 aliphatic heterocycles. The molecular weight excluding hydrogens is 603 g/mol. The van der Waals surface area contributed by atoms with Gasteiger partial charge in [-0.1, -0.05) is 30.3 Å². The number of ether oxygens (including phenoxy) is 3. The summed E-state index contributed by atoms with van der Waals surface area (Å²) in [4.78, 5) is 16.1. The summed E-state index contributed by atoms with van der Waals surface area (Å²) >= 11 is 0. The van der Waals surface area contributed by atoms with Gasteiger partial charge in [-0.2, -0.15) is 13.2 Å². The number of fused-ring (bicyclic) bond motifs is 1. The number of alkyl halides is 3. The van der Waals surface area contributed by atoms with E-state index < -0.39 is 24.3 Å². The number of carboxylic acids is 1. The van der Waals surface area contributed by atoms with Crippen molar-refractivity contribution in [2.24, 2.45) is 0 Å². The number of aliphatic carboxylic acids is 1. The van der Waals surface area contributed by atoms with E-state index in [1.807, 2.05) is 6.07 Å². The number of nitrogens with zero attached hydrogens (tertiary/aromatic N) is 3. The number of methoxy groups -OCH3 is 2. The molecule has 2 N–H and O–H groups in total. The molecule has 1 unspecified atom stereocenters. The number of aromatic nitrogens is 1. The van der Waals surface area contributed by atoms with E-state index >= 15 is 0 Å². The molecule has 2 heterocycles. The zero-order valence-electron chi connectivity index (χ0n) is 25.4. The number of aliphatic hydroxyl groups is 1. The van der Waals surface area contributed by atoms with Gasteiger partial charge < -0.3 is 29.0 Å². The fraction of sp³-hybridized carbons (Fsp3) is 0.353. The molecule has 9 nitrogen and oxygen atoms in total. The molecule has 0 aliphatic carbocycles. The summed E-state index contributed by atoms with van der Waals surface area (Å²) in [5.74, 6) is 0.421. The Morgan fingerprint density at radius 1 is 1.00 bits per heavy atom. The molecule has 1 atom stereocenters. The normalized spacial score (nSPS) is 15.7. The highest BCUT2D eigenvalue weighted by Crippen LogP contribution is 2.44. The standard InChI is InChI=1S/C34H34F3N3O6/c1-38-24-8-9-27-28(20-40(29(27)18-24)19-23-5-4-6-26(15-23)44-2)33(43,34(35,36)37)21-39-13-11-25(12-14-39)46-30-10-7-22(17-32(41)42)16-31(30)45-3/h4-10,15-16,18,20,25,43H,11-14,17,19,21H2,2-3H3,(H,41,42). The van der Waals surface area contributed by atoms with Crippen LogP contribution in [0.15, 0.2) is 66.9 Å². The molecule has 1 aromatic heterocycles. The number of piperidine rings is 1. The Kier molecular flexibility index (Phi) is 9.46. The van der Waals surface area contributed by atoms with Crippen LogP contribution in [0.5, 0.6) is 17.2 Å². The monoisotopic (exact) mass is 637 g/mol. The van der Waals surface area contributed by atoms with E-state index in [-0.39, 0.29) is 48.8 Å². The maximum Gasteiger partial charge on any atom is 0.422 e. The Morgan fingerprint density at radius 2 is 1.76 bits per heavy atom. The molecule has 0 saturated carbocycles. The summed E-state index contributed by atoms with van der Waals surface area (Å²) in [5, 5.41) is 20.8. The van der Waals surface area contributed by atoms with Crippen molar-refractivity contribution in [3.8, 4) is 17.2 Å². The molecule has 0 radical (unpaired) electrons. The Bertz CT molecular complexity index is 1760. The highest BCUT2D eigenvalue weighted by atomic mass is 19.4. The average molecular weight is 638 g/mol. The Labute approximate surface area is 264 Å². The van der Waals surface area contributed by atoms with Crippen LogP contribution in [0.1, 0.15) is 29.5 Å². The minimum Gasteiger partial charge on any atom is -0.497 e. The van der Waals surface area contributed by atoms with Gasteiger partial charge >= 0.3 is 12.1 Å². The molecule has 1 aliphatic rings. The lowest BCUT2D eigenvalue weighted by Gasteiger charge is -2.39. The minimum atomic E-state index is -5.00. The molecular formula is C34H34F3N3O6. The number of carboxylic acid groups (broad SMARTS) is 1. The van der Waals surface area contributed by atoms with Crippen molar-refractivity contribution >= 4 is 22.6 Å². The van der Waals surface area contributed by atoms with Gasteiger partial charge in [-0.05, 0) is 54.3 Å². The Balaban J connectivity index is 1.38. The Morgan fingerprint density at radius 3 is 2.41 bits per heavy atom. The number of carbonyl (C=O) groups is 1. The molecule has 242 valence electrons. The van der Waals surface area contributed by atoms with E-state index in [0.29, 0.717) is 41.2 Å². The molecule has 4 aromatic rings. The lowest BCUT2D eigenvalue weighted by atomic mass is 9.91. The van der Waals surface area contributed by atoms with Crippen molar-refractivity contribution in [1.29, 1.82) is 0 Å². The minimum absolute atomic E-state index is 0.169. The zero-order valence-corrected chi connectivity index (χ0v) is 25.4. The number of halogens is 3. The van der Waals surface area contributed by atoms with Crippen LogP contribution >= 0.6 is 0 Å². The van der Waals surface area contributed by atoms with Crippen molar-refractivity contribution in [2.75, 3.05) is 33.9 Å². The number of hydrogen-bond acceptors (Lipinski definition) is 6. The molecule has 0 bridgehead atoms. The van der Waals surface area contributed by atoms with Gasteiger partial charge in [0.2, 0.25) is 5.60 Å². The quantitative estimate of drug-likeness (QED) is 0.190. The summed E-state index contributed by atoms with van der Waals surface area (Å²) in [6.07, 6.45) is -3.34. The van der Waals surface area contributed by atoms with E-state index in [9.17, 15) is 23.1 Å². The first-order valence-electron chi connectivity index (χ1n) is 14.6. The van der Waals surface area contributed by atoms with Crippen molar-refractivity contribution in [2.45, 2.75) is 43.7 Å². The first-order valence-corrected chi connectivity index (χ1v) is 14.6. The van der Waals surface area contributed by atoms with Gasteiger partial charge in [0.1, 0.15) is 11.9 Å². The third-order valence-corrected chi connectivity index (χ3v) is 8.26. The number of hydrogen-bond donors (Lipinski definition) is 2. The maximum absolute atomic E-state index is 14.9. The maximum atomic E-state index is 14.9. The van der Waals surface area contributed by atoms with Crippen molar-refractivity contribution in [3.05, 3.63) is 95.0 Å². The van der Waals surface area contributed by atoms with Crippen LogP contribution in [-0.2, 0) is 23.4 Å². The predicted molar refractivity (Wildman–Crippen MR) is 165 cm³/mol. The van der Waals surface area contributed by atoms with Crippen LogP contribution in [0.4, 0.5) is 18.9 Å². The van der Waals surface area contributed by atoms with E-state index in [4.69, 9.17) is 25.9 Å². The van der Waals surface area contributed by atoms with Gasteiger partial charge in [-0.3, -0.25) is 9.69 Å². The fourth-order valence-corrected chi connectivity index (χ4v) is 5.89. The van der Waals surface area contributed by atoms with Crippen LogP contribution in [-0.4, -0.2) is 71.8 Å². The van der Waals surface area contributed by atoms with Crippen LogP contribution in [0.25, 0.3) is 15.7 Å². The van der Waals surface area contributed by atoms with Crippen LogP contribution in [0, 0.1) is 6.57 Å². The second-order valence-corrected chi connectivity index (χ2v) is 11.3. The highest BCUT2D eigenvalue weighted by molar-refractivity contribution is 5.88. The zero-order chi connectivity index (χ0) is 33.1. The van der Waals surface area contributed by atoms with E-state index in [2.05, 4.69) is 4.85 Å². The van der Waals surface area contributed by atoms with Gasteiger partial charge in [-0.15, -0.1) is 0 Å². The van der Waals surface area contributed by atoms with E-state index in [1.165, 1.54) is 38.6 Å². The smallest absolute Gasteiger partial charge is 0.422 e. The summed E-state index contributed by atoms with van der Waals surface area (Å²) < 4.78 is 63.1. The van der Waals surface area contributed by atoms with Gasteiger partial charge in [0.25, 0.3) is 0 Å². The number of β-amino-alcohol motifs (C(OH)–C–C–N with tert-alkyl or cyclic N) is 1. The average Bonchev–Trinajstić information content (AvgIpc) is 3.39. The summed E-state index contributed by atoms with van der Waals surface area (Å²) in [6.45, 7) is 7.44. The van der Waals surface area contributed by atoms with Crippen LogP contribution in [0.3, 0.4) is 0 Å². The lowest BCUT2D eigenvalue weighted by Crippen LogP contribution is -2.53. The summed E-state index contributed by atoms with van der Waals surface area (Å²) in [7, 11) is 2.98. The van der Waals surface area contributed by atoms with Gasteiger partial charge in [0, 0.05) is 48.8 Å². The first-order chi connectivity index (χ1) is 21.9. The largest absolute Gasteiger partial charge is 0.497 e. The summed E-state index contributed by atoms with van der Waals surface area (Å²) in [5.41, 5.74) is -1.46. The number of benzene rings is 3. The third-order valence-electron chi connectivity index (χ3n) is 8.26. The van der Waals surface area contributed by atoms with Crippen LogP contribution in [0.2, 0.25) is 0 Å².